The number of nitro benzene ring substituents is 1. The molecule has 0 unspecified atom stereocenters. The van der Waals surface area contributed by atoms with Crippen molar-refractivity contribution in [2.24, 2.45) is 0 Å². The van der Waals surface area contributed by atoms with Crippen LogP contribution in [0.1, 0.15) is 10.4 Å². The highest BCUT2D eigenvalue weighted by Gasteiger charge is 2.17. The lowest BCUT2D eigenvalue weighted by Gasteiger charge is -2.12. The number of methoxy groups -OCH3 is 2. The minimum absolute atomic E-state index is 0.0499. The van der Waals surface area contributed by atoms with Crippen molar-refractivity contribution in [3.63, 3.8) is 0 Å². The molecule has 0 atom stereocenters. The van der Waals surface area contributed by atoms with Crippen molar-refractivity contribution in [1.82, 2.24) is 15.3 Å². The molecule has 0 aliphatic carbocycles. The molecular formula is C20H18N6O7S2. The highest BCUT2D eigenvalue weighted by molar-refractivity contribution is 7.92. The maximum absolute atomic E-state index is 12.7. The van der Waals surface area contributed by atoms with Crippen LogP contribution < -0.4 is 24.8 Å². The number of hydrogen-bond acceptors (Lipinski definition) is 10. The van der Waals surface area contributed by atoms with Gasteiger partial charge in [0.15, 0.2) is 10.9 Å². The van der Waals surface area contributed by atoms with Gasteiger partial charge < -0.3 is 14.8 Å². The van der Waals surface area contributed by atoms with Gasteiger partial charge in [0.25, 0.3) is 21.6 Å². The molecule has 0 fully saturated rings. The summed E-state index contributed by atoms with van der Waals surface area (Å²) < 4.78 is 37.6. The number of thiocarbonyl (C=S) groups is 1. The predicted octanol–water partition coefficient (Wildman–Crippen LogP) is 2.33. The molecule has 0 spiro atoms. The number of rotatable bonds is 8. The lowest BCUT2D eigenvalue weighted by molar-refractivity contribution is -0.384. The molecule has 0 saturated heterocycles. The van der Waals surface area contributed by atoms with E-state index in [9.17, 15) is 23.3 Å². The van der Waals surface area contributed by atoms with Gasteiger partial charge in [0.05, 0.1) is 24.0 Å². The number of anilines is 2. The fourth-order valence-corrected chi connectivity index (χ4v) is 3.87. The van der Waals surface area contributed by atoms with Gasteiger partial charge >= 0.3 is 6.01 Å². The van der Waals surface area contributed by atoms with Crippen molar-refractivity contribution in [2.75, 3.05) is 24.3 Å². The average molecular weight is 519 g/mol. The Bertz CT molecular complexity index is 1360. The third kappa shape index (κ3) is 6.58. The number of aromatic nitrogens is 2. The van der Waals surface area contributed by atoms with Crippen molar-refractivity contribution in [3.05, 3.63) is 70.3 Å². The molecule has 35 heavy (non-hydrogen) atoms. The van der Waals surface area contributed by atoms with Crippen LogP contribution in [0.5, 0.6) is 11.9 Å². The van der Waals surface area contributed by atoms with Crippen LogP contribution in [-0.4, -0.2) is 48.5 Å². The lowest BCUT2D eigenvalue weighted by atomic mass is 10.2. The third-order valence-corrected chi connectivity index (χ3v) is 5.86. The Balaban J connectivity index is 1.66. The van der Waals surface area contributed by atoms with Crippen LogP contribution in [-0.2, 0) is 10.0 Å². The van der Waals surface area contributed by atoms with Crippen LogP contribution in [0.2, 0.25) is 0 Å². The van der Waals surface area contributed by atoms with Gasteiger partial charge in [-0.1, -0.05) is 6.07 Å². The number of carbonyl (C=O) groups excluding carboxylic acids is 1. The minimum Gasteiger partial charge on any atom is -0.481 e. The summed E-state index contributed by atoms with van der Waals surface area (Å²) in [5.74, 6) is -0.596. The molecule has 0 aliphatic heterocycles. The molecule has 3 rings (SSSR count). The maximum atomic E-state index is 12.7. The summed E-state index contributed by atoms with van der Waals surface area (Å²) in [6.45, 7) is 0. The average Bonchev–Trinajstić information content (AvgIpc) is 2.83. The first-order valence-corrected chi connectivity index (χ1v) is 11.5. The smallest absolute Gasteiger partial charge is 0.321 e. The van der Waals surface area contributed by atoms with E-state index in [0.29, 0.717) is 5.69 Å². The molecule has 3 N–H and O–H groups in total. The van der Waals surface area contributed by atoms with Gasteiger partial charge in [0.1, 0.15) is 0 Å². The van der Waals surface area contributed by atoms with Crippen molar-refractivity contribution >= 4 is 50.5 Å². The predicted molar refractivity (Wildman–Crippen MR) is 129 cm³/mol. The van der Waals surface area contributed by atoms with E-state index in [1.54, 1.807) is 0 Å². The molecule has 1 aromatic heterocycles. The highest BCUT2D eigenvalue weighted by Crippen LogP contribution is 2.21. The Morgan fingerprint density at radius 3 is 2.40 bits per heavy atom. The van der Waals surface area contributed by atoms with Crippen molar-refractivity contribution < 1.29 is 27.6 Å². The van der Waals surface area contributed by atoms with Crippen molar-refractivity contribution in [3.8, 4) is 11.9 Å². The molecule has 0 saturated carbocycles. The number of benzene rings is 2. The minimum atomic E-state index is -4.01. The number of hydrogen-bond donors (Lipinski definition) is 3. The number of sulfonamides is 1. The van der Waals surface area contributed by atoms with Crippen LogP contribution in [0.25, 0.3) is 0 Å². The number of nitrogens with one attached hydrogen (secondary N) is 3. The second-order valence-corrected chi connectivity index (χ2v) is 8.72. The first kappa shape index (κ1) is 25.3. The topological polar surface area (TPSA) is 175 Å². The first-order valence-electron chi connectivity index (χ1n) is 9.58. The van der Waals surface area contributed by atoms with Gasteiger partial charge in [-0.05, 0) is 42.5 Å². The summed E-state index contributed by atoms with van der Waals surface area (Å²) >= 11 is 5.09. The third-order valence-electron chi connectivity index (χ3n) is 4.28. The summed E-state index contributed by atoms with van der Waals surface area (Å²) in [7, 11) is -1.32. The Hall–Kier alpha value is -4.37. The molecule has 0 aliphatic rings. The number of nitrogens with zero attached hydrogens (tertiary/aromatic N) is 3. The Kier molecular flexibility index (Phi) is 7.73. The number of ether oxygens (including phenoxy) is 2. The molecule has 3 aromatic rings. The molecule has 0 radical (unpaired) electrons. The van der Waals surface area contributed by atoms with E-state index in [1.165, 1.54) is 62.8 Å². The molecule has 182 valence electrons. The van der Waals surface area contributed by atoms with Gasteiger partial charge in [-0.3, -0.25) is 24.9 Å². The Morgan fingerprint density at radius 1 is 1.06 bits per heavy atom. The zero-order valence-electron chi connectivity index (χ0n) is 18.2. The van der Waals surface area contributed by atoms with Crippen LogP contribution in [0.3, 0.4) is 0 Å². The van der Waals surface area contributed by atoms with E-state index in [-0.39, 0.29) is 39.0 Å². The quantitative estimate of drug-likeness (QED) is 0.227. The lowest BCUT2D eigenvalue weighted by Crippen LogP contribution is -2.34. The molecule has 2 aromatic carbocycles. The second kappa shape index (κ2) is 10.7. The summed E-state index contributed by atoms with van der Waals surface area (Å²) in [5, 5.41) is 15.9. The van der Waals surface area contributed by atoms with Crippen LogP contribution in [0.4, 0.5) is 17.2 Å². The van der Waals surface area contributed by atoms with E-state index in [0.717, 1.165) is 6.07 Å². The number of nitro groups is 1. The van der Waals surface area contributed by atoms with E-state index in [1.807, 2.05) is 0 Å². The molecule has 15 heteroatoms. The number of carbonyl (C=O) groups is 1. The summed E-state index contributed by atoms with van der Waals surface area (Å²) in [6, 6.07) is 11.9. The van der Waals surface area contributed by atoms with Crippen LogP contribution in [0, 0.1) is 10.1 Å². The van der Waals surface area contributed by atoms with E-state index in [4.69, 9.17) is 21.7 Å². The van der Waals surface area contributed by atoms with Gasteiger partial charge in [0, 0.05) is 29.4 Å². The summed E-state index contributed by atoms with van der Waals surface area (Å²) in [5.41, 5.74) is 0.202. The van der Waals surface area contributed by atoms with Crippen LogP contribution in [0.15, 0.2) is 59.5 Å². The normalized spacial score (nSPS) is 10.7. The zero-order valence-corrected chi connectivity index (χ0v) is 19.8. The van der Waals surface area contributed by atoms with Gasteiger partial charge in [-0.2, -0.15) is 9.97 Å². The second-order valence-electron chi connectivity index (χ2n) is 6.63. The SMILES string of the molecule is COc1cc(NS(=O)(=O)c2ccc(NC(=S)NC(=O)c3cccc([N+](=O)[O-])c3)cc2)nc(OC)n1. The van der Waals surface area contributed by atoms with Crippen molar-refractivity contribution in [2.45, 2.75) is 4.90 Å². The largest absolute Gasteiger partial charge is 0.481 e. The standard InChI is InChI=1S/C20H18N6O7S2/c1-32-17-11-16(22-19(23-17)33-2)25-35(30,31)15-8-6-13(7-9-15)21-20(34)24-18(27)12-4-3-5-14(10-12)26(28)29/h3-11H,1-2H3,(H,22,23,25)(H2,21,24,27,34). The molecule has 1 heterocycles. The van der Waals surface area contributed by atoms with Crippen molar-refractivity contribution in [1.29, 1.82) is 0 Å². The number of non-ortho nitro benzene ring substituents is 1. The van der Waals surface area contributed by atoms with Gasteiger partial charge in [-0.15, -0.1) is 0 Å². The highest BCUT2D eigenvalue weighted by atomic mass is 32.2. The summed E-state index contributed by atoms with van der Waals surface area (Å²) in [6.07, 6.45) is 0. The van der Waals surface area contributed by atoms with Gasteiger partial charge in [0.2, 0.25) is 5.88 Å². The molecule has 1 amide bonds. The Labute approximate surface area is 204 Å². The summed E-state index contributed by atoms with van der Waals surface area (Å²) in [4.78, 5) is 30.3. The molecular weight excluding hydrogens is 500 g/mol. The van der Waals surface area contributed by atoms with E-state index >= 15 is 0 Å². The number of amides is 1. The fraction of sp³-hybridized carbons (Fsp3) is 0.100. The Morgan fingerprint density at radius 2 is 1.77 bits per heavy atom. The van der Waals surface area contributed by atoms with E-state index in [2.05, 4.69) is 25.3 Å². The van der Waals surface area contributed by atoms with Gasteiger partial charge in [-0.25, -0.2) is 8.42 Å². The molecule has 13 nitrogen and oxygen atoms in total. The zero-order chi connectivity index (χ0) is 25.6. The maximum Gasteiger partial charge on any atom is 0.321 e. The monoisotopic (exact) mass is 518 g/mol. The fourth-order valence-electron chi connectivity index (χ4n) is 2.66. The molecule has 0 bridgehead atoms. The first-order chi connectivity index (χ1) is 16.6. The van der Waals surface area contributed by atoms with Crippen LogP contribution >= 0.6 is 12.2 Å². The van der Waals surface area contributed by atoms with E-state index < -0.39 is 20.9 Å².